The van der Waals surface area contributed by atoms with E-state index in [-0.39, 0.29) is 11.9 Å². The van der Waals surface area contributed by atoms with Gasteiger partial charge in [-0.1, -0.05) is 6.58 Å². The highest BCUT2D eigenvalue weighted by molar-refractivity contribution is 5.89. The van der Waals surface area contributed by atoms with Crippen molar-refractivity contribution in [3.63, 3.8) is 0 Å². The highest BCUT2D eigenvalue weighted by Crippen LogP contribution is 2.13. The van der Waals surface area contributed by atoms with Crippen LogP contribution in [-0.2, 0) is 14.3 Å². The molecule has 0 bridgehead atoms. The van der Waals surface area contributed by atoms with Crippen LogP contribution in [-0.4, -0.2) is 25.7 Å². The second-order valence-electron chi connectivity index (χ2n) is 3.98. The molecule has 0 heterocycles. The van der Waals surface area contributed by atoms with Crippen LogP contribution < -0.4 is 4.74 Å². The maximum absolute atomic E-state index is 11.2. The van der Waals surface area contributed by atoms with E-state index in [2.05, 4.69) is 16.1 Å². The molecular formula is C15H18O5. The SMILES string of the molecule is C=COC(=O)CCCCOc1ccc(C(=O)OC)cc1. The lowest BCUT2D eigenvalue weighted by atomic mass is 10.2. The van der Waals surface area contributed by atoms with Crippen molar-refractivity contribution in [1.29, 1.82) is 0 Å². The molecule has 20 heavy (non-hydrogen) atoms. The number of carbonyl (C=O) groups excluding carboxylic acids is 2. The van der Waals surface area contributed by atoms with Crippen LogP contribution >= 0.6 is 0 Å². The largest absolute Gasteiger partial charge is 0.494 e. The topological polar surface area (TPSA) is 61.8 Å². The van der Waals surface area contributed by atoms with Gasteiger partial charge in [0.15, 0.2) is 0 Å². The Hall–Kier alpha value is -2.30. The van der Waals surface area contributed by atoms with E-state index in [4.69, 9.17) is 4.74 Å². The van der Waals surface area contributed by atoms with Crippen LogP contribution in [0.5, 0.6) is 5.75 Å². The molecule has 0 radical (unpaired) electrons. The molecule has 5 nitrogen and oxygen atoms in total. The van der Waals surface area contributed by atoms with Gasteiger partial charge in [0.2, 0.25) is 0 Å². The molecule has 0 aliphatic rings. The molecule has 0 aromatic heterocycles. The van der Waals surface area contributed by atoms with Crippen LogP contribution in [0.15, 0.2) is 37.1 Å². The molecule has 0 N–H and O–H groups in total. The number of esters is 2. The highest BCUT2D eigenvalue weighted by Gasteiger charge is 2.05. The molecule has 0 saturated carbocycles. The summed E-state index contributed by atoms with van der Waals surface area (Å²) in [6.45, 7) is 3.81. The van der Waals surface area contributed by atoms with Gasteiger partial charge in [-0.05, 0) is 37.1 Å². The number of benzene rings is 1. The zero-order valence-electron chi connectivity index (χ0n) is 11.5. The summed E-state index contributed by atoms with van der Waals surface area (Å²) in [6.07, 6.45) is 2.90. The van der Waals surface area contributed by atoms with E-state index < -0.39 is 0 Å². The van der Waals surface area contributed by atoms with Gasteiger partial charge in [-0.2, -0.15) is 0 Å². The lowest BCUT2D eigenvalue weighted by Crippen LogP contribution is -2.03. The van der Waals surface area contributed by atoms with E-state index in [0.29, 0.717) is 30.8 Å². The highest BCUT2D eigenvalue weighted by atomic mass is 16.5. The minimum atomic E-state index is -0.378. The van der Waals surface area contributed by atoms with Crippen molar-refractivity contribution >= 4 is 11.9 Å². The second kappa shape index (κ2) is 8.74. The number of hydrogen-bond acceptors (Lipinski definition) is 5. The van der Waals surface area contributed by atoms with Gasteiger partial charge in [-0.25, -0.2) is 4.79 Å². The zero-order chi connectivity index (χ0) is 14.8. The van der Waals surface area contributed by atoms with Crippen molar-refractivity contribution in [2.45, 2.75) is 19.3 Å². The quantitative estimate of drug-likeness (QED) is 0.415. The van der Waals surface area contributed by atoms with Gasteiger partial charge in [0.25, 0.3) is 0 Å². The Kier molecular flexibility index (Phi) is 6.89. The predicted octanol–water partition coefficient (Wildman–Crippen LogP) is 2.71. The van der Waals surface area contributed by atoms with Gasteiger partial charge in [-0.3, -0.25) is 4.79 Å². The second-order valence-corrected chi connectivity index (χ2v) is 3.98. The molecule has 5 heteroatoms. The summed E-state index contributed by atoms with van der Waals surface area (Å²) >= 11 is 0. The molecule has 0 saturated heterocycles. The molecule has 0 spiro atoms. The fraction of sp³-hybridized carbons (Fsp3) is 0.333. The summed E-state index contributed by atoms with van der Waals surface area (Å²) in [5.74, 6) is 0.00559. The molecule has 1 rings (SSSR count). The first-order valence-electron chi connectivity index (χ1n) is 6.29. The molecule has 0 fully saturated rings. The fourth-order valence-corrected chi connectivity index (χ4v) is 1.52. The Balaban J connectivity index is 2.24. The average molecular weight is 278 g/mol. The standard InChI is InChI=1S/C15H18O5/c1-3-19-14(16)6-4-5-11-20-13-9-7-12(8-10-13)15(17)18-2/h3,7-10H,1,4-6,11H2,2H3. The van der Waals surface area contributed by atoms with Crippen molar-refractivity contribution in [3.8, 4) is 5.75 Å². The van der Waals surface area contributed by atoms with Gasteiger partial charge in [0, 0.05) is 6.42 Å². The van der Waals surface area contributed by atoms with Crippen molar-refractivity contribution in [1.82, 2.24) is 0 Å². The van der Waals surface area contributed by atoms with E-state index in [1.165, 1.54) is 7.11 Å². The van der Waals surface area contributed by atoms with E-state index >= 15 is 0 Å². The van der Waals surface area contributed by atoms with Crippen LogP contribution in [0.4, 0.5) is 0 Å². The van der Waals surface area contributed by atoms with Crippen LogP contribution in [0.1, 0.15) is 29.6 Å². The summed E-state index contributed by atoms with van der Waals surface area (Å²) in [4.78, 5) is 22.3. The molecule has 0 unspecified atom stereocenters. The smallest absolute Gasteiger partial charge is 0.337 e. The number of methoxy groups -OCH3 is 1. The predicted molar refractivity (Wildman–Crippen MR) is 73.4 cm³/mol. The minimum absolute atomic E-state index is 0.289. The molecule has 0 atom stereocenters. The molecular weight excluding hydrogens is 260 g/mol. The van der Waals surface area contributed by atoms with Crippen LogP contribution in [0, 0.1) is 0 Å². The first kappa shape index (κ1) is 15.8. The Bertz CT molecular complexity index is 450. The zero-order valence-corrected chi connectivity index (χ0v) is 11.5. The Morgan fingerprint density at radius 2 is 1.90 bits per heavy atom. The van der Waals surface area contributed by atoms with Crippen LogP contribution in [0.2, 0.25) is 0 Å². The number of ether oxygens (including phenoxy) is 3. The lowest BCUT2D eigenvalue weighted by molar-refractivity contribution is -0.138. The monoisotopic (exact) mass is 278 g/mol. The first-order valence-corrected chi connectivity index (χ1v) is 6.29. The molecule has 0 aliphatic heterocycles. The molecule has 1 aromatic rings. The Morgan fingerprint density at radius 1 is 1.20 bits per heavy atom. The molecule has 108 valence electrons. The summed E-state index contributed by atoms with van der Waals surface area (Å²) in [5, 5.41) is 0. The van der Waals surface area contributed by atoms with E-state index in [9.17, 15) is 9.59 Å². The number of rotatable bonds is 8. The summed E-state index contributed by atoms with van der Waals surface area (Å²) in [7, 11) is 1.34. The minimum Gasteiger partial charge on any atom is -0.494 e. The third-order valence-corrected chi connectivity index (χ3v) is 2.53. The lowest BCUT2D eigenvalue weighted by Gasteiger charge is -2.06. The fourth-order valence-electron chi connectivity index (χ4n) is 1.52. The first-order chi connectivity index (χ1) is 9.67. The number of hydrogen-bond donors (Lipinski definition) is 0. The maximum atomic E-state index is 11.2. The summed E-state index contributed by atoms with van der Waals surface area (Å²) < 4.78 is 14.7. The maximum Gasteiger partial charge on any atom is 0.337 e. The van der Waals surface area contributed by atoms with Gasteiger partial charge in [0.1, 0.15) is 5.75 Å². The molecule has 0 aliphatic carbocycles. The Morgan fingerprint density at radius 3 is 2.50 bits per heavy atom. The van der Waals surface area contributed by atoms with Crippen molar-refractivity contribution < 1.29 is 23.8 Å². The van der Waals surface area contributed by atoms with Crippen molar-refractivity contribution in [2.24, 2.45) is 0 Å². The summed E-state index contributed by atoms with van der Waals surface area (Å²) in [5.41, 5.74) is 0.479. The number of unbranched alkanes of at least 4 members (excludes halogenated alkanes) is 1. The molecule has 1 aromatic carbocycles. The van der Waals surface area contributed by atoms with Crippen LogP contribution in [0.3, 0.4) is 0 Å². The third-order valence-electron chi connectivity index (χ3n) is 2.53. The van der Waals surface area contributed by atoms with Crippen LogP contribution in [0.25, 0.3) is 0 Å². The van der Waals surface area contributed by atoms with Gasteiger partial charge in [0.05, 0.1) is 25.5 Å². The van der Waals surface area contributed by atoms with Gasteiger partial charge in [-0.15, -0.1) is 0 Å². The normalized spacial score (nSPS) is 9.65. The molecule has 0 amide bonds. The van der Waals surface area contributed by atoms with Crippen molar-refractivity contribution in [3.05, 3.63) is 42.7 Å². The average Bonchev–Trinajstić information content (AvgIpc) is 2.47. The van der Waals surface area contributed by atoms with Gasteiger partial charge >= 0.3 is 11.9 Å². The van der Waals surface area contributed by atoms with E-state index in [1.54, 1.807) is 24.3 Å². The summed E-state index contributed by atoms with van der Waals surface area (Å²) in [6, 6.07) is 6.70. The van der Waals surface area contributed by atoms with E-state index in [1.807, 2.05) is 0 Å². The van der Waals surface area contributed by atoms with Gasteiger partial charge < -0.3 is 14.2 Å². The number of carbonyl (C=O) groups is 2. The van der Waals surface area contributed by atoms with E-state index in [0.717, 1.165) is 12.7 Å². The third kappa shape index (κ3) is 5.56. The Labute approximate surface area is 118 Å². The van der Waals surface area contributed by atoms with Crippen molar-refractivity contribution in [2.75, 3.05) is 13.7 Å².